The second kappa shape index (κ2) is 10.7. The summed E-state index contributed by atoms with van der Waals surface area (Å²) in [6, 6.07) is -5.59. The molecule has 0 spiro atoms. The minimum Gasteiger partial charge on any atom is -0.481 e. The molecule has 0 aliphatic rings. The van der Waals surface area contributed by atoms with Crippen molar-refractivity contribution in [3.8, 4) is 0 Å². The first-order chi connectivity index (χ1) is 12.3. The lowest BCUT2D eigenvalue weighted by Crippen LogP contribution is -2.56. The zero-order chi connectivity index (χ0) is 21.3. The van der Waals surface area contributed by atoms with Crippen LogP contribution in [0.2, 0.25) is 0 Å². The molecule has 0 rings (SSSR count). The minimum absolute atomic E-state index is 0.737. The van der Waals surface area contributed by atoms with Crippen molar-refractivity contribution in [2.75, 3.05) is 0 Å². The molecule has 0 radical (unpaired) electrons. The first-order valence-corrected chi connectivity index (χ1v) is 7.68. The van der Waals surface area contributed by atoms with E-state index in [4.69, 9.17) is 21.1 Å². The minimum atomic E-state index is -1.62. The molecule has 0 aromatic heterocycles. The molecule has 0 aromatic carbocycles. The molecule has 13 heteroatoms. The standard InChI is InChI=1S/C14H22N4O9/c1-5(11(23)17-6(2)14(26)27)16-13(25)8(4-10(21)22)18-12(24)7(15)3-9(19)20/h5-8H,3-4,15H2,1-2H3,(H,16,25)(H,17,23)(H,18,24)(H,19,20)(H,21,22)(H,26,27)/t5-,6-,7-,8-/m0/s1. The van der Waals surface area contributed by atoms with Gasteiger partial charge in [0.1, 0.15) is 18.1 Å². The molecule has 0 fully saturated rings. The summed E-state index contributed by atoms with van der Waals surface area (Å²) >= 11 is 0. The number of aliphatic carboxylic acids is 3. The van der Waals surface area contributed by atoms with Crippen LogP contribution in [0.4, 0.5) is 0 Å². The van der Waals surface area contributed by atoms with Crippen LogP contribution in [0, 0.1) is 0 Å². The number of carbonyl (C=O) groups is 6. The molecule has 0 aromatic rings. The molecule has 4 atom stereocenters. The van der Waals surface area contributed by atoms with Gasteiger partial charge < -0.3 is 37.0 Å². The summed E-state index contributed by atoms with van der Waals surface area (Å²) in [5, 5.41) is 32.4. The predicted molar refractivity (Wildman–Crippen MR) is 87.3 cm³/mol. The maximum absolute atomic E-state index is 12.2. The lowest BCUT2D eigenvalue weighted by Gasteiger charge is -2.21. The Kier molecular flexibility index (Phi) is 9.42. The Balaban J connectivity index is 4.98. The molecule has 0 aliphatic heterocycles. The third kappa shape index (κ3) is 9.15. The van der Waals surface area contributed by atoms with Gasteiger partial charge in [-0.2, -0.15) is 0 Å². The topological polar surface area (TPSA) is 225 Å². The third-order valence-electron chi connectivity index (χ3n) is 3.22. The van der Waals surface area contributed by atoms with Gasteiger partial charge in [-0.15, -0.1) is 0 Å². The Hall–Kier alpha value is -3.22. The van der Waals surface area contributed by atoms with Gasteiger partial charge in [0, 0.05) is 0 Å². The van der Waals surface area contributed by atoms with Crippen LogP contribution >= 0.6 is 0 Å². The number of carbonyl (C=O) groups excluding carboxylic acids is 3. The normalized spacial score (nSPS) is 14.8. The molecule has 3 amide bonds. The van der Waals surface area contributed by atoms with E-state index in [9.17, 15) is 28.8 Å². The highest BCUT2D eigenvalue weighted by Gasteiger charge is 2.29. The first kappa shape index (κ1) is 23.8. The lowest BCUT2D eigenvalue weighted by atomic mass is 10.1. The second-order valence-corrected chi connectivity index (χ2v) is 5.66. The van der Waals surface area contributed by atoms with Crippen molar-refractivity contribution in [1.82, 2.24) is 16.0 Å². The number of carboxylic acids is 3. The summed E-state index contributed by atoms with van der Waals surface area (Å²) in [6.07, 6.45) is -1.59. The van der Waals surface area contributed by atoms with Crippen LogP contribution in [0.5, 0.6) is 0 Å². The van der Waals surface area contributed by atoms with Crippen molar-refractivity contribution in [3.05, 3.63) is 0 Å². The molecule has 0 saturated carbocycles. The number of nitrogens with one attached hydrogen (secondary N) is 3. The van der Waals surface area contributed by atoms with Gasteiger partial charge in [0.15, 0.2) is 0 Å². The molecular formula is C14H22N4O9. The Morgan fingerprint density at radius 3 is 1.67 bits per heavy atom. The van der Waals surface area contributed by atoms with Crippen LogP contribution in [0.3, 0.4) is 0 Å². The molecule has 0 saturated heterocycles. The average Bonchev–Trinajstić information content (AvgIpc) is 2.52. The van der Waals surface area contributed by atoms with Gasteiger partial charge in [-0.25, -0.2) is 0 Å². The van der Waals surface area contributed by atoms with Gasteiger partial charge in [0.05, 0.1) is 18.9 Å². The summed E-state index contributed by atoms with van der Waals surface area (Å²) < 4.78 is 0. The molecule has 0 heterocycles. The van der Waals surface area contributed by atoms with Gasteiger partial charge in [-0.1, -0.05) is 0 Å². The summed E-state index contributed by atoms with van der Waals surface area (Å²) in [5.74, 6) is -7.06. The van der Waals surface area contributed by atoms with E-state index in [1.54, 1.807) is 0 Å². The van der Waals surface area contributed by atoms with Gasteiger partial charge in [-0.05, 0) is 13.8 Å². The largest absolute Gasteiger partial charge is 0.481 e. The maximum Gasteiger partial charge on any atom is 0.325 e. The summed E-state index contributed by atoms with van der Waals surface area (Å²) in [7, 11) is 0. The Morgan fingerprint density at radius 1 is 0.741 bits per heavy atom. The Morgan fingerprint density at radius 2 is 1.22 bits per heavy atom. The van der Waals surface area contributed by atoms with Gasteiger partial charge in [-0.3, -0.25) is 28.8 Å². The molecule has 0 unspecified atom stereocenters. The van der Waals surface area contributed by atoms with Crippen molar-refractivity contribution < 1.29 is 44.1 Å². The van der Waals surface area contributed by atoms with E-state index in [-0.39, 0.29) is 0 Å². The summed E-state index contributed by atoms with van der Waals surface area (Å²) in [5.41, 5.74) is 5.34. The molecule has 13 nitrogen and oxygen atoms in total. The average molecular weight is 390 g/mol. The fourth-order valence-electron chi connectivity index (χ4n) is 1.72. The number of rotatable bonds is 11. The van der Waals surface area contributed by atoms with E-state index in [1.807, 2.05) is 5.32 Å². The lowest BCUT2D eigenvalue weighted by molar-refractivity contribution is -0.143. The molecule has 27 heavy (non-hydrogen) atoms. The van der Waals surface area contributed by atoms with Gasteiger partial charge in [0.2, 0.25) is 17.7 Å². The van der Waals surface area contributed by atoms with E-state index in [1.165, 1.54) is 13.8 Å². The molecular weight excluding hydrogens is 368 g/mol. The fraction of sp³-hybridized carbons (Fsp3) is 0.571. The van der Waals surface area contributed by atoms with E-state index in [0.29, 0.717) is 0 Å². The van der Waals surface area contributed by atoms with Crippen LogP contribution in [0.15, 0.2) is 0 Å². The second-order valence-electron chi connectivity index (χ2n) is 5.66. The van der Waals surface area contributed by atoms with Crippen LogP contribution < -0.4 is 21.7 Å². The summed E-state index contributed by atoms with van der Waals surface area (Å²) in [6.45, 7) is 2.42. The highest BCUT2D eigenvalue weighted by molar-refractivity contribution is 5.96. The number of hydrogen-bond donors (Lipinski definition) is 7. The highest BCUT2D eigenvalue weighted by Crippen LogP contribution is 1.98. The summed E-state index contributed by atoms with van der Waals surface area (Å²) in [4.78, 5) is 67.9. The fourth-order valence-corrected chi connectivity index (χ4v) is 1.72. The van der Waals surface area contributed by atoms with Crippen LogP contribution in [-0.2, 0) is 28.8 Å². The predicted octanol–water partition coefficient (Wildman–Crippen LogP) is -3.16. The van der Waals surface area contributed by atoms with Gasteiger partial charge in [0.25, 0.3) is 0 Å². The van der Waals surface area contributed by atoms with Crippen molar-refractivity contribution >= 4 is 35.6 Å². The molecule has 152 valence electrons. The van der Waals surface area contributed by atoms with E-state index in [0.717, 1.165) is 0 Å². The zero-order valence-corrected chi connectivity index (χ0v) is 14.6. The maximum atomic E-state index is 12.2. The van der Waals surface area contributed by atoms with Crippen LogP contribution in [0.1, 0.15) is 26.7 Å². The molecule has 8 N–H and O–H groups in total. The molecule has 0 aliphatic carbocycles. The SMILES string of the molecule is C[C@H](NC(=O)[C@H](C)NC(=O)[C@H](CC(=O)O)NC(=O)[C@@H](N)CC(=O)O)C(=O)O. The quantitative estimate of drug-likeness (QED) is 0.187. The first-order valence-electron chi connectivity index (χ1n) is 7.68. The number of amides is 3. The molecule has 0 bridgehead atoms. The number of hydrogen-bond acceptors (Lipinski definition) is 7. The van der Waals surface area contributed by atoms with Gasteiger partial charge >= 0.3 is 17.9 Å². The smallest absolute Gasteiger partial charge is 0.325 e. The monoisotopic (exact) mass is 390 g/mol. The van der Waals surface area contributed by atoms with Crippen LogP contribution in [-0.4, -0.2) is 75.1 Å². The zero-order valence-electron chi connectivity index (χ0n) is 14.6. The number of nitrogens with two attached hydrogens (primary N) is 1. The van der Waals surface area contributed by atoms with E-state index >= 15 is 0 Å². The highest BCUT2D eigenvalue weighted by atomic mass is 16.4. The Labute approximate surface area is 153 Å². The van der Waals surface area contributed by atoms with Crippen LogP contribution in [0.25, 0.3) is 0 Å². The van der Waals surface area contributed by atoms with Crippen molar-refractivity contribution in [3.63, 3.8) is 0 Å². The van der Waals surface area contributed by atoms with E-state index < -0.39 is 72.6 Å². The van der Waals surface area contributed by atoms with Crippen molar-refractivity contribution in [1.29, 1.82) is 0 Å². The van der Waals surface area contributed by atoms with E-state index in [2.05, 4.69) is 10.6 Å². The van der Waals surface area contributed by atoms with Crippen molar-refractivity contribution in [2.24, 2.45) is 5.73 Å². The third-order valence-corrected chi connectivity index (χ3v) is 3.22. The Bertz CT molecular complexity index is 622. The number of carboxylic acid groups (broad SMARTS) is 3. The van der Waals surface area contributed by atoms with Crippen molar-refractivity contribution in [2.45, 2.75) is 50.9 Å².